The zero-order chi connectivity index (χ0) is 29.3. The van der Waals surface area contributed by atoms with Gasteiger partial charge in [-0.25, -0.2) is 0 Å². The second-order valence-corrected chi connectivity index (χ2v) is 18.1. The van der Waals surface area contributed by atoms with Crippen molar-refractivity contribution in [2.24, 2.45) is 10.8 Å². The van der Waals surface area contributed by atoms with Gasteiger partial charge in [0.2, 0.25) is 0 Å². The third-order valence-electron chi connectivity index (χ3n) is 8.07. The summed E-state index contributed by atoms with van der Waals surface area (Å²) >= 11 is 4.00. The SMILES string of the molecule is CCCSCCCC(C)(C)CC(C)(C)c1cc(C(C)(C)C)cc(C(C)(C)CC(C)(C)CCCSCCO)c1. The zero-order valence-corrected chi connectivity index (χ0v) is 29.1. The van der Waals surface area contributed by atoms with Crippen molar-refractivity contribution < 1.29 is 5.11 Å². The normalized spacial score (nSPS) is 13.8. The number of hydrogen-bond donors (Lipinski definition) is 1. The maximum Gasteiger partial charge on any atom is 0.0521 e. The average molecular weight is 565 g/mol. The van der Waals surface area contributed by atoms with E-state index in [4.69, 9.17) is 5.11 Å². The Balaban J connectivity index is 3.18. The van der Waals surface area contributed by atoms with E-state index in [0.717, 1.165) is 11.5 Å². The second kappa shape index (κ2) is 15.2. The number of hydrogen-bond acceptors (Lipinski definition) is 3. The molecule has 3 heteroatoms. The Hall–Kier alpha value is -0.120. The van der Waals surface area contributed by atoms with E-state index >= 15 is 0 Å². The molecule has 1 rings (SSSR count). The molecule has 0 spiro atoms. The van der Waals surface area contributed by atoms with E-state index in [1.165, 1.54) is 73.1 Å². The summed E-state index contributed by atoms with van der Waals surface area (Å²) in [6.07, 6.45) is 8.75. The molecule has 0 aliphatic rings. The predicted octanol–water partition coefficient (Wildman–Crippen LogP) is 10.8. The zero-order valence-electron chi connectivity index (χ0n) is 27.5. The Bertz CT molecular complexity index is 755. The summed E-state index contributed by atoms with van der Waals surface area (Å²) in [6.45, 7) is 29.4. The molecule has 0 aliphatic heterocycles. The van der Waals surface area contributed by atoms with Gasteiger partial charge < -0.3 is 5.11 Å². The van der Waals surface area contributed by atoms with Crippen LogP contribution in [-0.2, 0) is 16.2 Å². The lowest BCUT2D eigenvalue weighted by atomic mass is 9.66. The van der Waals surface area contributed by atoms with E-state index in [9.17, 15) is 0 Å². The topological polar surface area (TPSA) is 20.2 Å². The molecular weight excluding hydrogens is 501 g/mol. The van der Waals surface area contributed by atoms with Crippen molar-refractivity contribution in [2.45, 2.75) is 144 Å². The Morgan fingerprint density at radius 2 is 0.974 bits per heavy atom. The first-order valence-corrected chi connectivity index (χ1v) is 17.6. The van der Waals surface area contributed by atoms with Crippen LogP contribution < -0.4 is 0 Å². The highest BCUT2D eigenvalue weighted by Crippen LogP contribution is 2.45. The van der Waals surface area contributed by atoms with Crippen LogP contribution in [0, 0.1) is 10.8 Å². The molecule has 1 aromatic carbocycles. The number of rotatable bonds is 18. The van der Waals surface area contributed by atoms with Crippen LogP contribution in [0.4, 0.5) is 0 Å². The summed E-state index contributed by atoms with van der Waals surface area (Å²) in [5, 5.41) is 9.07. The molecule has 0 aliphatic carbocycles. The van der Waals surface area contributed by atoms with Gasteiger partial charge in [0.15, 0.2) is 0 Å². The number of benzene rings is 1. The molecule has 222 valence electrons. The highest BCUT2D eigenvalue weighted by atomic mass is 32.2. The minimum Gasteiger partial charge on any atom is -0.396 e. The molecular formula is C35H64OS2. The molecule has 0 unspecified atom stereocenters. The smallest absolute Gasteiger partial charge is 0.0521 e. The van der Waals surface area contributed by atoms with Crippen LogP contribution in [0.15, 0.2) is 18.2 Å². The summed E-state index contributed by atoms with van der Waals surface area (Å²) in [5.74, 6) is 4.60. The summed E-state index contributed by atoms with van der Waals surface area (Å²) < 4.78 is 0. The van der Waals surface area contributed by atoms with Gasteiger partial charge >= 0.3 is 0 Å². The lowest BCUT2D eigenvalue weighted by Crippen LogP contribution is -2.30. The van der Waals surface area contributed by atoms with E-state index in [-0.39, 0.29) is 21.7 Å². The van der Waals surface area contributed by atoms with Crippen molar-refractivity contribution in [2.75, 3.05) is 29.6 Å². The average Bonchev–Trinajstić information content (AvgIpc) is 2.76. The number of aliphatic hydroxyl groups is 1. The molecule has 0 heterocycles. The van der Waals surface area contributed by atoms with Crippen molar-refractivity contribution in [1.29, 1.82) is 0 Å². The first-order valence-electron chi connectivity index (χ1n) is 15.3. The van der Waals surface area contributed by atoms with Crippen LogP contribution >= 0.6 is 23.5 Å². The van der Waals surface area contributed by atoms with Gasteiger partial charge in [0.05, 0.1) is 6.61 Å². The highest BCUT2D eigenvalue weighted by Gasteiger charge is 2.35. The molecule has 0 bridgehead atoms. The molecule has 1 N–H and O–H groups in total. The predicted molar refractivity (Wildman–Crippen MR) is 178 cm³/mol. The third-order valence-corrected chi connectivity index (χ3v) is 10.4. The van der Waals surface area contributed by atoms with Gasteiger partial charge in [0, 0.05) is 5.75 Å². The van der Waals surface area contributed by atoms with Gasteiger partial charge in [-0.1, -0.05) is 101 Å². The minimum atomic E-state index is 0.111. The molecule has 1 nitrogen and oxygen atoms in total. The van der Waals surface area contributed by atoms with Crippen LogP contribution in [0.1, 0.15) is 145 Å². The van der Waals surface area contributed by atoms with E-state index in [0.29, 0.717) is 12.0 Å². The second-order valence-electron chi connectivity index (χ2n) is 15.7. The first kappa shape index (κ1) is 35.9. The summed E-state index contributed by atoms with van der Waals surface area (Å²) in [6, 6.07) is 7.61. The molecule has 0 saturated heterocycles. The Morgan fingerprint density at radius 1 is 0.579 bits per heavy atom. The van der Waals surface area contributed by atoms with Crippen LogP contribution in [0.3, 0.4) is 0 Å². The molecule has 38 heavy (non-hydrogen) atoms. The quantitative estimate of drug-likeness (QED) is 0.179. The lowest BCUT2D eigenvalue weighted by Gasteiger charge is -2.39. The molecule has 0 fully saturated rings. The fourth-order valence-corrected chi connectivity index (χ4v) is 7.86. The largest absolute Gasteiger partial charge is 0.396 e. The van der Waals surface area contributed by atoms with Crippen molar-refractivity contribution >= 4 is 23.5 Å². The van der Waals surface area contributed by atoms with Gasteiger partial charge in [-0.05, 0) is 106 Å². The van der Waals surface area contributed by atoms with Crippen molar-refractivity contribution in [3.63, 3.8) is 0 Å². The van der Waals surface area contributed by atoms with E-state index in [2.05, 4.69) is 113 Å². The van der Waals surface area contributed by atoms with E-state index in [1.807, 2.05) is 11.8 Å². The van der Waals surface area contributed by atoms with Crippen LogP contribution in [0.25, 0.3) is 0 Å². The van der Waals surface area contributed by atoms with Crippen molar-refractivity contribution in [3.8, 4) is 0 Å². The Kier molecular flexibility index (Phi) is 14.4. The van der Waals surface area contributed by atoms with Crippen molar-refractivity contribution in [3.05, 3.63) is 34.9 Å². The van der Waals surface area contributed by atoms with Gasteiger partial charge in [-0.15, -0.1) is 0 Å². The van der Waals surface area contributed by atoms with Crippen LogP contribution in [0.2, 0.25) is 0 Å². The van der Waals surface area contributed by atoms with Gasteiger partial charge in [0.25, 0.3) is 0 Å². The number of thioether (sulfide) groups is 2. The highest BCUT2D eigenvalue weighted by molar-refractivity contribution is 7.99. The molecule has 0 saturated carbocycles. The maximum absolute atomic E-state index is 9.07. The van der Waals surface area contributed by atoms with Crippen LogP contribution in [-0.4, -0.2) is 34.7 Å². The monoisotopic (exact) mass is 564 g/mol. The van der Waals surface area contributed by atoms with E-state index in [1.54, 1.807) is 0 Å². The Labute approximate surface area is 247 Å². The summed E-state index contributed by atoms with van der Waals surface area (Å²) in [7, 11) is 0. The molecule has 1 aromatic rings. The molecule has 0 amide bonds. The maximum atomic E-state index is 9.07. The fourth-order valence-electron chi connectivity index (χ4n) is 6.33. The van der Waals surface area contributed by atoms with Gasteiger partial charge in [-0.3, -0.25) is 0 Å². The standard InChI is InChI=1S/C35H64OS2/c1-13-19-37-20-14-16-32(5,6)26-34(9,10)29-23-28(31(2,3)4)24-30(25-29)35(11,12)27-33(7,8)17-15-21-38-22-18-36/h23-25,36H,13-22,26-27H2,1-12H3. The number of aliphatic hydroxyl groups excluding tert-OH is 1. The fraction of sp³-hybridized carbons (Fsp3) is 0.829. The molecule has 0 radical (unpaired) electrons. The molecule has 0 atom stereocenters. The molecule has 0 aromatic heterocycles. The Morgan fingerprint density at radius 3 is 1.34 bits per heavy atom. The first-order chi connectivity index (χ1) is 17.4. The van der Waals surface area contributed by atoms with E-state index < -0.39 is 0 Å². The third kappa shape index (κ3) is 13.0. The van der Waals surface area contributed by atoms with Gasteiger partial charge in [0.1, 0.15) is 0 Å². The van der Waals surface area contributed by atoms with Gasteiger partial charge in [-0.2, -0.15) is 23.5 Å². The van der Waals surface area contributed by atoms with Crippen molar-refractivity contribution in [1.82, 2.24) is 0 Å². The lowest BCUT2D eigenvalue weighted by molar-refractivity contribution is 0.233. The van der Waals surface area contributed by atoms with Crippen LogP contribution in [0.5, 0.6) is 0 Å². The minimum absolute atomic E-state index is 0.111. The summed E-state index contributed by atoms with van der Waals surface area (Å²) in [4.78, 5) is 0. The summed E-state index contributed by atoms with van der Waals surface area (Å²) in [5.41, 5.74) is 5.48.